The number of piperidine rings is 1. The molecule has 5 nitrogen and oxygen atoms in total. The molecule has 2 heterocycles. The maximum Gasteiger partial charge on any atom is 0.191 e. The number of thiazole rings is 1. The molecule has 6 heteroatoms. The number of rotatable bonds is 5. The van der Waals surface area contributed by atoms with Crippen molar-refractivity contribution in [2.45, 2.75) is 31.9 Å². The Morgan fingerprint density at radius 2 is 2.04 bits per heavy atom. The van der Waals surface area contributed by atoms with Gasteiger partial charge in [-0.25, -0.2) is 4.98 Å². The summed E-state index contributed by atoms with van der Waals surface area (Å²) < 4.78 is 5.73. The van der Waals surface area contributed by atoms with Crippen LogP contribution in [0.3, 0.4) is 0 Å². The zero-order valence-electron chi connectivity index (χ0n) is 13.1. The van der Waals surface area contributed by atoms with E-state index in [0.29, 0.717) is 17.2 Å². The van der Waals surface area contributed by atoms with Crippen LogP contribution in [0.25, 0.3) is 0 Å². The van der Waals surface area contributed by atoms with Gasteiger partial charge in [0.15, 0.2) is 12.0 Å². The van der Waals surface area contributed by atoms with Crippen molar-refractivity contribution in [3.8, 4) is 5.75 Å². The Balaban J connectivity index is 1.64. The third-order valence-electron chi connectivity index (χ3n) is 4.04. The van der Waals surface area contributed by atoms with Crippen molar-refractivity contribution in [3.05, 3.63) is 45.9 Å². The fourth-order valence-corrected chi connectivity index (χ4v) is 3.68. The van der Waals surface area contributed by atoms with Crippen LogP contribution >= 0.6 is 11.3 Å². The number of carbonyl (C=O) groups excluding carboxylic acids is 1. The average molecular weight is 331 g/mol. The molecule has 1 aliphatic rings. The lowest BCUT2D eigenvalue weighted by Gasteiger charge is -2.20. The van der Waals surface area contributed by atoms with Gasteiger partial charge in [0, 0.05) is 16.9 Å². The van der Waals surface area contributed by atoms with Gasteiger partial charge in [0.1, 0.15) is 11.4 Å². The number of nitrogens with one attached hydrogen (secondary N) is 1. The number of hydrogen-bond donors (Lipinski definition) is 2. The average Bonchev–Trinajstić information content (AvgIpc) is 3.06. The zero-order valence-corrected chi connectivity index (χ0v) is 13.9. The third-order valence-corrected chi connectivity index (χ3v) is 5.07. The molecule has 1 atom stereocenters. The van der Waals surface area contributed by atoms with Crippen LogP contribution in [0.2, 0.25) is 0 Å². The van der Waals surface area contributed by atoms with Crippen LogP contribution in [0.15, 0.2) is 29.6 Å². The van der Waals surface area contributed by atoms with Gasteiger partial charge in [0.2, 0.25) is 0 Å². The lowest BCUT2D eigenvalue weighted by molar-refractivity contribution is 0.101. The molecule has 3 N–H and O–H groups in total. The van der Waals surface area contributed by atoms with Crippen LogP contribution in [0.4, 0.5) is 0 Å². The summed E-state index contributed by atoms with van der Waals surface area (Å²) in [7, 11) is 0. The second-order valence-corrected chi connectivity index (χ2v) is 6.64. The lowest BCUT2D eigenvalue weighted by Crippen LogP contribution is -2.26. The number of benzene rings is 1. The first kappa shape index (κ1) is 16.1. The Hall–Kier alpha value is -1.76. The number of ketones is 1. The molecular formula is C17H21N3O2S. The van der Waals surface area contributed by atoms with Crippen molar-refractivity contribution in [1.29, 1.82) is 0 Å². The van der Waals surface area contributed by atoms with Gasteiger partial charge in [-0.1, -0.05) is 0 Å². The first-order valence-electron chi connectivity index (χ1n) is 7.83. The van der Waals surface area contributed by atoms with Crippen molar-refractivity contribution < 1.29 is 9.53 Å². The fraction of sp³-hybridized carbons (Fsp3) is 0.412. The molecule has 1 saturated heterocycles. The van der Waals surface area contributed by atoms with Crippen LogP contribution in [0, 0.1) is 0 Å². The monoisotopic (exact) mass is 331 g/mol. The number of hydrogen-bond acceptors (Lipinski definition) is 6. The maximum absolute atomic E-state index is 11.3. The van der Waals surface area contributed by atoms with E-state index in [1.165, 1.54) is 0 Å². The lowest BCUT2D eigenvalue weighted by atomic mass is 9.99. The smallest absolute Gasteiger partial charge is 0.191 e. The summed E-state index contributed by atoms with van der Waals surface area (Å²) in [6.07, 6.45) is 1.65. The standard InChI is InChI=1S/C17H21N3O2S/c1-11(21)12-2-4-14(5-3-12)22-16(18)15-10-23-17(20-15)13-6-8-19-9-7-13/h2-5,10,13,16,19H,6-9,18H2,1H3. The Bertz CT molecular complexity index is 663. The molecule has 1 aliphatic heterocycles. The topological polar surface area (TPSA) is 77.2 Å². The van der Waals surface area contributed by atoms with Gasteiger partial charge in [-0.3, -0.25) is 10.5 Å². The van der Waals surface area contributed by atoms with E-state index in [2.05, 4.69) is 10.3 Å². The number of Topliss-reactive ketones (excluding diaryl/α,β-unsaturated/α-hetero) is 1. The highest BCUT2D eigenvalue weighted by Gasteiger charge is 2.20. The summed E-state index contributed by atoms with van der Waals surface area (Å²) in [5.74, 6) is 1.20. The molecule has 0 bridgehead atoms. The fourth-order valence-electron chi connectivity index (χ4n) is 2.66. The van der Waals surface area contributed by atoms with Gasteiger partial charge in [0.25, 0.3) is 0 Å². The zero-order chi connectivity index (χ0) is 16.2. The van der Waals surface area contributed by atoms with E-state index in [4.69, 9.17) is 10.5 Å². The number of nitrogens with two attached hydrogens (primary N) is 1. The number of nitrogens with zero attached hydrogens (tertiary/aromatic N) is 1. The highest BCUT2D eigenvalue weighted by atomic mass is 32.1. The molecular weight excluding hydrogens is 310 g/mol. The molecule has 0 saturated carbocycles. The molecule has 0 aliphatic carbocycles. The van der Waals surface area contributed by atoms with Gasteiger partial charge < -0.3 is 10.1 Å². The Morgan fingerprint density at radius 1 is 1.35 bits per heavy atom. The molecule has 0 amide bonds. The van der Waals surface area contributed by atoms with Gasteiger partial charge in [-0.15, -0.1) is 11.3 Å². The van der Waals surface area contributed by atoms with Crippen molar-refractivity contribution in [1.82, 2.24) is 10.3 Å². The predicted octanol–water partition coefficient (Wildman–Crippen LogP) is 2.85. The van der Waals surface area contributed by atoms with Crippen LogP contribution in [0.1, 0.15) is 53.0 Å². The normalized spacial score (nSPS) is 17.0. The number of ether oxygens (including phenoxy) is 1. The quantitative estimate of drug-likeness (QED) is 0.651. The van der Waals surface area contributed by atoms with E-state index in [1.807, 2.05) is 5.38 Å². The molecule has 1 aromatic carbocycles. The highest BCUT2D eigenvalue weighted by molar-refractivity contribution is 7.09. The summed E-state index contributed by atoms with van der Waals surface area (Å²) in [6.45, 7) is 3.63. The van der Waals surface area contributed by atoms with Gasteiger partial charge in [-0.2, -0.15) is 0 Å². The number of aromatic nitrogens is 1. The highest BCUT2D eigenvalue weighted by Crippen LogP contribution is 2.29. The summed E-state index contributed by atoms with van der Waals surface area (Å²) in [5, 5.41) is 6.49. The van der Waals surface area contributed by atoms with Crippen LogP contribution in [0.5, 0.6) is 5.75 Å². The van der Waals surface area contributed by atoms with E-state index in [9.17, 15) is 4.79 Å². The minimum absolute atomic E-state index is 0.0342. The molecule has 0 radical (unpaired) electrons. The van der Waals surface area contributed by atoms with Gasteiger partial charge in [-0.05, 0) is 57.1 Å². The molecule has 122 valence electrons. The summed E-state index contributed by atoms with van der Waals surface area (Å²) in [5.41, 5.74) is 7.53. The third kappa shape index (κ3) is 3.96. The first-order valence-corrected chi connectivity index (χ1v) is 8.70. The molecule has 0 spiro atoms. The molecule has 23 heavy (non-hydrogen) atoms. The SMILES string of the molecule is CC(=O)c1ccc(OC(N)c2csc(C3CCNCC3)n2)cc1. The molecule has 1 aromatic heterocycles. The van der Waals surface area contributed by atoms with E-state index in [1.54, 1.807) is 42.5 Å². The first-order chi connectivity index (χ1) is 11.1. The second-order valence-electron chi connectivity index (χ2n) is 5.75. The van der Waals surface area contributed by atoms with Crippen molar-refractivity contribution >= 4 is 17.1 Å². The maximum atomic E-state index is 11.3. The molecule has 2 aromatic rings. The minimum atomic E-state index is -0.593. The Labute approximate surface area is 139 Å². The van der Waals surface area contributed by atoms with Gasteiger partial charge in [0.05, 0.1) is 5.01 Å². The van der Waals surface area contributed by atoms with E-state index in [-0.39, 0.29) is 5.78 Å². The van der Waals surface area contributed by atoms with Crippen LogP contribution in [-0.2, 0) is 0 Å². The van der Waals surface area contributed by atoms with Crippen molar-refractivity contribution in [2.24, 2.45) is 5.73 Å². The minimum Gasteiger partial charge on any atom is -0.470 e. The summed E-state index contributed by atoms with van der Waals surface area (Å²) >= 11 is 1.66. The molecule has 1 fully saturated rings. The van der Waals surface area contributed by atoms with E-state index in [0.717, 1.165) is 36.6 Å². The van der Waals surface area contributed by atoms with Crippen molar-refractivity contribution in [3.63, 3.8) is 0 Å². The largest absolute Gasteiger partial charge is 0.470 e. The summed E-state index contributed by atoms with van der Waals surface area (Å²) in [4.78, 5) is 15.9. The van der Waals surface area contributed by atoms with Crippen LogP contribution in [-0.4, -0.2) is 23.9 Å². The number of carbonyl (C=O) groups is 1. The molecule has 3 rings (SSSR count). The summed E-state index contributed by atoms with van der Waals surface area (Å²) in [6, 6.07) is 7.01. The molecule has 1 unspecified atom stereocenters. The Kier molecular flexibility index (Phi) is 5.05. The van der Waals surface area contributed by atoms with E-state index >= 15 is 0 Å². The van der Waals surface area contributed by atoms with Crippen molar-refractivity contribution in [2.75, 3.05) is 13.1 Å². The van der Waals surface area contributed by atoms with Crippen LogP contribution < -0.4 is 15.8 Å². The van der Waals surface area contributed by atoms with Gasteiger partial charge >= 0.3 is 0 Å². The Morgan fingerprint density at radius 3 is 2.70 bits per heavy atom. The second kappa shape index (κ2) is 7.21. The van der Waals surface area contributed by atoms with E-state index < -0.39 is 6.23 Å². The predicted molar refractivity (Wildman–Crippen MR) is 91.0 cm³/mol.